The summed E-state index contributed by atoms with van der Waals surface area (Å²) in [7, 11) is 0. The molecule has 0 radical (unpaired) electrons. The first-order valence-electron chi connectivity index (χ1n) is 11.0. The number of nitrogens with zero attached hydrogens (tertiary/aromatic N) is 4. The molecule has 0 aliphatic carbocycles. The molecule has 2 aliphatic heterocycles. The second kappa shape index (κ2) is 9.62. The summed E-state index contributed by atoms with van der Waals surface area (Å²) in [6.07, 6.45) is 3.99. The number of thiazole rings is 1. The van der Waals surface area contributed by atoms with Gasteiger partial charge in [-0.15, -0.1) is 23.1 Å². The van der Waals surface area contributed by atoms with Gasteiger partial charge < -0.3 is 25.8 Å². The zero-order valence-electron chi connectivity index (χ0n) is 19.0. The molecule has 3 aromatic heterocycles. The van der Waals surface area contributed by atoms with Gasteiger partial charge in [0.15, 0.2) is 17.0 Å². The molecule has 3 aromatic rings. The van der Waals surface area contributed by atoms with Crippen LogP contribution in [-0.4, -0.2) is 62.3 Å². The first-order chi connectivity index (χ1) is 17.4. The summed E-state index contributed by atoms with van der Waals surface area (Å²) < 4.78 is 1.82. The third-order valence-electron chi connectivity index (χ3n) is 5.76. The van der Waals surface area contributed by atoms with E-state index < -0.39 is 29.2 Å². The van der Waals surface area contributed by atoms with Crippen LogP contribution < -0.4 is 20.7 Å². The molecule has 12 nitrogen and oxygen atoms in total. The van der Waals surface area contributed by atoms with E-state index in [1.165, 1.54) is 16.7 Å². The third kappa shape index (κ3) is 4.18. The number of aromatic amines is 1. The highest BCUT2D eigenvalue weighted by Crippen LogP contribution is 2.41. The van der Waals surface area contributed by atoms with Crippen LogP contribution in [0.1, 0.15) is 18.2 Å². The van der Waals surface area contributed by atoms with Gasteiger partial charge in [-0.2, -0.15) is 5.10 Å². The molecule has 2 aliphatic rings. The minimum atomic E-state index is -1.43. The van der Waals surface area contributed by atoms with Gasteiger partial charge in [-0.1, -0.05) is 9.67 Å². The molecule has 1 saturated heterocycles. The van der Waals surface area contributed by atoms with Crippen molar-refractivity contribution in [2.24, 2.45) is 5.16 Å². The maximum atomic E-state index is 13.0. The highest BCUT2D eigenvalue weighted by Gasteiger charge is 2.53. The van der Waals surface area contributed by atoms with Crippen LogP contribution in [0.5, 0.6) is 0 Å². The molecule has 2 atom stereocenters. The number of aromatic nitrogens is 3. The molecule has 0 saturated carbocycles. The largest absolute Gasteiger partial charge is 0.543 e. The molecule has 5 rings (SSSR count). The van der Waals surface area contributed by atoms with Gasteiger partial charge in [-0.05, 0) is 18.6 Å². The van der Waals surface area contributed by atoms with E-state index in [2.05, 4.69) is 20.6 Å². The molecule has 186 valence electrons. The topological polar surface area (TPSA) is 170 Å². The zero-order chi connectivity index (χ0) is 25.4. The Balaban J connectivity index is 1.37. The van der Waals surface area contributed by atoms with E-state index in [9.17, 15) is 19.5 Å². The number of carbonyl (C=O) groups excluding carboxylic acids is 3. The van der Waals surface area contributed by atoms with Gasteiger partial charge in [-0.3, -0.25) is 14.5 Å². The number of thioether (sulfide) groups is 1. The number of hydrogen-bond donors (Lipinski definition) is 3. The van der Waals surface area contributed by atoms with E-state index in [0.29, 0.717) is 17.7 Å². The molecular weight excluding hydrogens is 506 g/mol. The number of carboxylic acid groups (broad SMARTS) is 1. The molecule has 2 amide bonds. The first kappa shape index (κ1) is 23.8. The number of hydrogen-bond acceptors (Lipinski definition) is 10. The molecule has 0 spiro atoms. The Kier molecular flexibility index (Phi) is 6.36. The summed E-state index contributed by atoms with van der Waals surface area (Å²) in [5.41, 5.74) is 7.98. The van der Waals surface area contributed by atoms with Crippen molar-refractivity contribution in [3.05, 3.63) is 58.5 Å². The lowest BCUT2D eigenvalue weighted by atomic mass is 9.99. The van der Waals surface area contributed by atoms with Crippen molar-refractivity contribution in [2.75, 3.05) is 18.1 Å². The van der Waals surface area contributed by atoms with Gasteiger partial charge in [0.05, 0.1) is 23.4 Å². The van der Waals surface area contributed by atoms with Crippen molar-refractivity contribution in [1.29, 1.82) is 0 Å². The quantitative estimate of drug-likeness (QED) is 0.148. The number of fused-ring (bicyclic) bond motifs is 2. The second-order valence-electron chi connectivity index (χ2n) is 7.96. The summed E-state index contributed by atoms with van der Waals surface area (Å²) >= 11 is 2.51. The number of anilines is 1. The summed E-state index contributed by atoms with van der Waals surface area (Å²) in [5, 5.41) is 22.9. The minimum Gasteiger partial charge on any atom is -0.543 e. The molecule has 5 heterocycles. The maximum Gasteiger partial charge on any atom is 0.276 e. The number of carbonyl (C=O) groups is 3. The normalized spacial score (nSPS) is 19.8. The monoisotopic (exact) mass is 527 g/mol. The van der Waals surface area contributed by atoms with Crippen LogP contribution in [0.3, 0.4) is 0 Å². The van der Waals surface area contributed by atoms with E-state index in [0.717, 1.165) is 22.4 Å². The lowest BCUT2D eigenvalue weighted by Gasteiger charge is -2.50. The van der Waals surface area contributed by atoms with E-state index in [1.54, 1.807) is 18.5 Å². The Morgan fingerprint density at radius 1 is 1.44 bits per heavy atom. The summed E-state index contributed by atoms with van der Waals surface area (Å²) in [5.74, 6) is -2.29. The van der Waals surface area contributed by atoms with Gasteiger partial charge in [0.25, 0.3) is 11.8 Å². The number of amides is 2. The van der Waals surface area contributed by atoms with Crippen LogP contribution >= 0.6 is 23.1 Å². The van der Waals surface area contributed by atoms with Gasteiger partial charge in [0.2, 0.25) is 5.52 Å². The van der Waals surface area contributed by atoms with Crippen molar-refractivity contribution in [3.8, 4) is 0 Å². The number of aliphatic carboxylic acids is 1. The lowest BCUT2D eigenvalue weighted by molar-refractivity contribution is -0.576. The summed E-state index contributed by atoms with van der Waals surface area (Å²) in [6, 6.07) is 4.75. The number of nitrogens with one attached hydrogen (secondary N) is 2. The van der Waals surface area contributed by atoms with Crippen molar-refractivity contribution in [3.63, 3.8) is 0 Å². The molecule has 36 heavy (non-hydrogen) atoms. The first-order valence-corrected chi connectivity index (χ1v) is 12.9. The molecule has 0 bridgehead atoms. The van der Waals surface area contributed by atoms with Gasteiger partial charge in [-0.25, -0.2) is 4.98 Å². The predicted molar refractivity (Wildman–Crippen MR) is 129 cm³/mol. The Morgan fingerprint density at radius 3 is 3.00 bits per heavy atom. The van der Waals surface area contributed by atoms with Crippen LogP contribution in [0.15, 0.2) is 52.4 Å². The standard InChI is InChI=1S/C22H21N7O5S2/c1-2-34-27-15(13-10-36-22(23)25-13)18(30)26-16-19(31)29-17(21(32)33)12(9-35-20(16)29)7-11-8-24-28-6-4-3-5-14(11)28/h3-6,8,10,16,20H,2,7,9H2,1H3,(H4,23,25,26,30,32,33)/b27-15-/t16-,20+/m1/s1. The predicted octanol–water partition coefficient (Wildman–Crippen LogP) is -0.821. The van der Waals surface area contributed by atoms with Crippen LogP contribution in [0.2, 0.25) is 0 Å². The number of pyridine rings is 1. The molecule has 14 heteroatoms. The molecule has 0 unspecified atom stereocenters. The highest BCUT2D eigenvalue weighted by molar-refractivity contribution is 8.00. The van der Waals surface area contributed by atoms with E-state index in [1.807, 2.05) is 28.9 Å². The summed E-state index contributed by atoms with van der Waals surface area (Å²) in [4.78, 5) is 48.4. The number of carboxylic acids is 1. The fraction of sp³-hybridized carbons (Fsp3) is 0.273. The van der Waals surface area contributed by atoms with Gasteiger partial charge in [0.1, 0.15) is 23.7 Å². The van der Waals surface area contributed by atoms with Crippen LogP contribution in [0, 0.1) is 0 Å². The molecular formula is C22H21N7O5S2. The number of nitrogen functional groups attached to an aromatic ring is 1. The Bertz CT molecular complexity index is 1430. The fourth-order valence-corrected chi connectivity index (χ4v) is 6.05. The van der Waals surface area contributed by atoms with Crippen molar-refractivity contribution in [1.82, 2.24) is 20.3 Å². The second-order valence-corrected chi connectivity index (χ2v) is 9.96. The number of oxime groups is 1. The van der Waals surface area contributed by atoms with Crippen LogP contribution in [0.25, 0.3) is 5.52 Å². The van der Waals surface area contributed by atoms with Crippen molar-refractivity contribution < 1.29 is 28.8 Å². The van der Waals surface area contributed by atoms with Crippen LogP contribution in [-0.2, 0) is 25.6 Å². The third-order valence-corrected chi connectivity index (χ3v) is 7.78. The average Bonchev–Trinajstić information content (AvgIpc) is 3.48. The Labute approximate surface area is 212 Å². The zero-order valence-corrected chi connectivity index (χ0v) is 20.6. The molecule has 1 fully saturated rings. The highest BCUT2D eigenvalue weighted by atomic mass is 32.2. The van der Waals surface area contributed by atoms with Gasteiger partial charge in [0, 0.05) is 29.7 Å². The van der Waals surface area contributed by atoms with E-state index in [4.69, 9.17) is 10.6 Å². The average molecular weight is 528 g/mol. The number of β-lactam (4-membered cyclic amide) rings is 1. The maximum absolute atomic E-state index is 13.0. The van der Waals surface area contributed by atoms with Gasteiger partial charge >= 0.3 is 0 Å². The number of nitrogens with two attached hydrogens (primary N) is 1. The van der Waals surface area contributed by atoms with Crippen LogP contribution in [0.4, 0.5) is 5.13 Å². The Morgan fingerprint density at radius 2 is 2.28 bits per heavy atom. The number of H-pyrrole nitrogens is 1. The minimum absolute atomic E-state index is 0.120. The molecule has 0 aromatic carbocycles. The van der Waals surface area contributed by atoms with E-state index >= 15 is 0 Å². The van der Waals surface area contributed by atoms with Crippen molar-refractivity contribution in [2.45, 2.75) is 24.8 Å². The SMILES string of the molecule is CCO/N=C(\C(=O)N[C@@H]1C(=O)N2C(C(=O)[O-])=C(Cc3c[nH][n+]4ccccc34)CS[C@@H]12)c1csc(N)n1. The van der Waals surface area contributed by atoms with E-state index in [-0.39, 0.29) is 28.8 Å². The molecule has 4 N–H and O–H groups in total. The lowest BCUT2D eigenvalue weighted by Crippen LogP contribution is -2.71. The fourth-order valence-electron chi connectivity index (χ4n) is 4.16. The smallest absolute Gasteiger partial charge is 0.276 e. The number of rotatable bonds is 8. The Hall–Kier alpha value is -3.91. The van der Waals surface area contributed by atoms with Crippen molar-refractivity contribution >= 4 is 57.2 Å². The summed E-state index contributed by atoms with van der Waals surface area (Å²) in [6.45, 7) is 1.93.